The van der Waals surface area contributed by atoms with E-state index in [1.807, 2.05) is 12.1 Å². The van der Waals surface area contributed by atoms with Crippen LogP contribution in [0.15, 0.2) is 41.1 Å². The van der Waals surface area contributed by atoms with Crippen LogP contribution in [0.1, 0.15) is 40.7 Å². The van der Waals surface area contributed by atoms with Gasteiger partial charge in [0.15, 0.2) is 0 Å². The zero-order valence-corrected chi connectivity index (χ0v) is 11.0. The van der Waals surface area contributed by atoms with E-state index in [9.17, 15) is 9.90 Å². The van der Waals surface area contributed by atoms with Gasteiger partial charge in [0.05, 0.1) is 23.6 Å². The standard InChI is InChI=1S/C15H16N2O3/c18-15(19)11-4-1-7-16-12(11)10-17-8-2-5-13(17)14-6-3-9-20-14/h1,3-4,6-7,9,13H,2,5,8,10H2,(H,18,19)/t13-/m0/s1. The molecule has 0 bridgehead atoms. The Morgan fingerprint density at radius 2 is 2.35 bits per heavy atom. The van der Waals surface area contributed by atoms with Crippen LogP contribution in [0.25, 0.3) is 0 Å². The first-order valence-electron chi connectivity index (χ1n) is 6.70. The van der Waals surface area contributed by atoms with Crippen LogP contribution in [-0.2, 0) is 6.54 Å². The Hall–Kier alpha value is -2.14. The van der Waals surface area contributed by atoms with Crippen LogP contribution >= 0.6 is 0 Å². The molecule has 0 aliphatic carbocycles. The Labute approximate surface area is 116 Å². The van der Waals surface area contributed by atoms with Gasteiger partial charge in [-0.05, 0) is 43.7 Å². The summed E-state index contributed by atoms with van der Waals surface area (Å²) in [6.45, 7) is 1.47. The van der Waals surface area contributed by atoms with E-state index in [1.165, 1.54) is 0 Å². The summed E-state index contributed by atoms with van der Waals surface area (Å²) in [6.07, 6.45) is 5.43. The molecule has 2 aromatic heterocycles. The van der Waals surface area contributed by atoms with Crippen molar-refractivity contribution in [2.24, 2.45) is 0 Å². The van der Waals surface area contributed by atoms with Gasteiger partial charge in [0.1, 0.15) is 5.76 Å². The molecular formula is C15H16N2O3. The highest BCUT2D eigenvalue weighted by Gasteiger charge is 2.29. The number of hydrogen-bond donors (Lipinski definition) is 1. The molecule has 1 saturated heterocycles. The maximum Gasteiger partial charge on any atom is 0.337 e. The number of pyridine rings is 1. The highest BCUT2D eigenvalue weighted by molar-refractivity contribution is 5.88. The van der Waals surface area contributed by atoms with Gasteiger partial charge < -0.3 is 9.52 Å². The number of rotatable bonds is 4. The lowest BCUT2D eigenvalue weighted by molar-refractivity contribution is 0.0693. The minimum Gasteiger partial charge on any atom is -0.478 e. The molecule has 5 nitrogen and oxygen atoms in total. The summed E-state index contributed by atoms with van der Waals surface area (Å²) in [4.78, 5) is 17.7. The number of nitrogens with zero attached hydrogens (tertiary/aromatic N) is 2. The molecule has 0 spiro atoms. The molecule has 1 atom stereocenters. The summed E-state index contributed by atoms with van der Waals surface area (Å²) in [5, 5.41) is 9.21. The molecule has 1 fully saturated rings. The second-order valence-corrected chi connectivity index (χ2v) is 4.95. The lowest BCUT2D eigenvalue weighted by Crippen LogP contribution is -2.24. The van der Waals surface area contributed by atoms with Crippen LogP contribution in [0, 0.1) is 0 Å². The monoisotopic (exact) mass is 272 g/mol. The lowest BCUT2D eigenvalue weighted by atomic mass is 10.1. The summed E-state index contributed by atoms with van der Waals surface area (Å²) in [7, 11) is 0. The Bertz CT molecular complexity index is 595. The summed E-state index contributed by atoms with van der Waals surface area (Å²) < 4.78 is 5.48. The molecule has 5 heteroatoms. The molecule has 3 rings (SSSR count). The van der Waals surface area contributed by atoms with Gasteiger partial charge in [-0.3, -0.25) is 9.88 Å². The number of aromatic nitrogens is 1. The van der Waals surface area contributed by atoms with Crippen molar-refractivity contribution in [1.29, 1.82) is 0 Å². The Kier molecular flexibility index (Phi) is 3.52. The Morgan fingerprint density at radius 3 is 3.10 bits per heavy atom. The topological polar surface area (TPSA) is 66.6 Å². The van der Waals surface area contributed by atoms with Crippen molar-refractivity contribution in [2.45, 2.75) is 25.4 Å². The first kappa shape index (κ1) is 12.9. The lowest BCUT2D eigenvalue weighted by Gasteiger charge is -2.22. The van der Waals surface area contributed by atoms with E-state index < -0.39 is 5.97 Å². The van der Waals surface area contributed by atoms with Crippen molar-refractivity contribution in [3.05, 3.63) is 53.7 Å². The highest BCUT2D eigenvalue weighted by Crippen LogP contribution is 2.33. The molecule has 0 amide bonds. The molecular weight excluding hydrogens is 256 g/mol. The van der Waals surface area contributed by atoms with Gasteiger partial charge in [0, 0.05) is 12.7 Å². The Balaban J connectivity index is 1.82. The van der Waals surface area contributed by atoms with Crippen molar-refractivity contribution in [3.63, 3.8) is 0 Å². The van der Waals surface area contributed by atoms with Gasteiger partial charge in [0.2, 0.25) is 0 Å². The number of likely N-dealkylation sites (tertiary alicyclic amines) is 1. The van der Waals surface area contributed by atoms with Crippen molar-refractivity contribution in [3.8, 4) is 0 Å². The minimum absolute atomic E-state index is 0.216. The van der Waals surface area contributed by atoms with Crippen LogP contribution < -0.4 is 0 Å². The van der Waals surface area contributed by atoms with Crippen LogP contribution in [-0.4, -0.2) is 27.5 Å². The third-order valence-electron chi connectivity index (χ3n) is 3.71. The fraction of sp³-hybridized carbons (Fsp3) is 0.333. The van der Waals surface area contributed by atoms with E-state index >= 15 is 0 Å². The molecule has 0 radical (unpaired) electrons. The van der Waals surface area contributed by atoms with E-state index in [0.717, 1.165) is 25.1 Å². The fourth-order valence-electron chi connectivity index (χ4n) is 2.77. The summed E-state index contributed by atoms with van der Waals surface area (Å²) in [5.41, 5.74) is 0.885. The van der Waals surface area contributed by atoms with E-state index in [-0.39, 0.29) is 11.6 Å². The van der Waals surface area contributed by atoms with Crippen molar-refractivity contribution in [1.82, 2.24) is 9.88 Å². The number of aromatic carboxylic acids is 1. The highest BCUT2D eigenvalue weighted by atomic mass is 16.4. The molecule has 0 saturated carbocycles. The van der Waals surface area contributed by atoms with Gasteiger partial charge in [-0.15, -0.1) is 0 Å². The van der Waals surface area contributed by atoms with Gasteiger partial charge in [-0.2, -0.15) is 0 Å². The number of carbonyl (C=O) groups is 1. The van der Waals surface area contributed by atoms with Crippen LogP contribution in [0.2, 0.25) is 0 Å². The number of furan rings is 1. The SMILES string of the molecule is O=C(O)c1cccnc1CN1CCC[C@H]1c1ccco1. The second-order valence-electron chi connectivity index (χ2n) is 4.95. The summed E-state index contributed by atoms with van der Waals surface area (Å²) >= 11 is 0. The normalized spacial score (nSPS) is 19.3. The molecule has 1 N–H and O–H groups in total. The molecule has 104 valence electrons. The van der Waals surface area contributed by atoms with Crippen molar-refractivity contribution >= 4 is 5.97 Å². The maximum absolute atomic E-state index is 11.2. The predicted molar refractivity (Wildman–Crippen MR) is 72.3 cm³/mol. The zero-order chi connectivity index (χ0) is 13.9. The van der Waals surface area contributed by atoms with Gasteiger partial charge in [-0.25, -0.2) is 4.79 Å². The minimum atomic E-state index is -0.929. The average molecular weight is 272 g/mol. The number of carboxylic acids is 1. The smallest absolute Gasteiger partial charge is 0.337 e. The third-order valence-corrected chi connectivity index (χ3v) is 3.71. The maximum atomic E-state index is 11.2. The largest absolute Gasteiger partial charge is 0.478 e. The molecule has 0 aromatic carbocycles. The van der Waals surface area contributed by atoms with Crippen molar-refractivity contribution in [2.75, 3.05) is 6.54 Å². The van der Waals surface area contributed by atoms with Gasteiger partial charge in [0.25, 0.3) is 0 Å². The molecule has 20 heavy (non-hydrogen) atoms. The summed E-state index contributed by atoms with van der Waals surface area (Å²) in [5.74, 6) is 0.0113. The molecule has 1 aliphatic rings. The predicted octanol–water partition coefficient (Wildman–Crippen LogP) is 2.71. The first-order chi connectivity index (χ1) is 9.75. The second kappa shape index (κ2) is 5.46. The van der Waals surface area contributed by atoms with E-state index in [0.29, 0.717) is 12.2 Å². The van der Waals surface area contributed by atoms with Crippen molar-refractivity contribution < 1.29 is 14.3 Å². The number of carboxylic acid groups (broad SMARTS) is 1. The van der Waals surface area contributed by atoms with Gasteiger partial charge in [-0.1, -0.05) is 0 Å². The van der Waals surface area contributed by atoms with E-state index in [4.69, 9.17) is 4.42 Å². The molecule has 0 unspecified atom stereocenters. The Morgan fingerprint density at radius 1 is 1.45 bits per heavy atom. The van der Waals surface area contributed by atoms with Crippen LogP contribution in [0.5, 0.6) is 0 Å². The number of hydrogen-bond acceptors (Lipinski definition) is 4. The van der Waals surface area contributed by atoms with Crippen LogP contribution in [0.3, 0.4) is 0 Å². The van der Waals surface area contributed by atoms with E-state index in [1.54, 1.807) is 24.6 Å². The molecule has 2 aromatic rings. The van der Waals surface area contributed by atoms with Gasteiger partial charge >= 0.3 is 5.97 Å². The first-order valence-corrected chi connectivity index (χ1v) is 6.70. The van der Waals surface area contributed by atoms with Crippen LogP contribution in [0.4, 0.5) is 0 Å². The fourth-order valence-corrected chi connectivity index (χ4v) is 2.77. The quantitative estimate of drug-likeness (QED) is 0.927. The third kappa shape index (κ3) is 2.44. The summed E-state index contributed by atoms with van der Waals surface area (Å²) in [6, 6.07) is 7.33. The average Bonchev–Trinajstić information content (AvgIpc) is 3.09. The molecule has 3 heterocycles. The molecule has 1 aliphatic heterocycles. The van der Waals surface area contributed by atoms with E-state index in [2.05, 4.69) is 9.88 Å². The zero-order valence-electron chi connectivity index (χ0n) is 11.0.